The predicted octanol–water partition coefficient (Wildman–Crippen LogP) is 1.89. The number of halogens is 1. The number of hydrogen-bond donors (Lipinski definition) is 1. The molecule has 0 radical (unpaired) electrons. The Morgan fingerprint density at radius 2 is 2.38 bits per heavy atom. The molecule has 0 aliphatic rings. The number of nitrogens with zero attached hydrogens (tertiary/aromatic N) is 1. The summed E-state index contributed by atoms with van der Waals surface area (Å²) in [6.07, 6.45) is 5.62. The number of aromatic nitrogens is 1. The van der Waals surface area contributed by atoms with Crippen LogP contribution in [0.3, 0.4) is 0 Å². The van der Waals surface area contributed by atoms with Crippen LogP contribution in [0, 0.1) is 5.82 Å². The van der Waals surface area contributed by atoms with Crippen LogP contribution in [0.25, 0.3) is 0 Å². The highest BCUT2D eigenvalue weighted by molar-refractivity contribution is 5.09. The van der Waals surface area contributed by atoms with Crippen LogP contribution in [-0.2, 0) is 6.54 Å². The normalized spacial score (nSPS) is 9.92. The van der Waals surface area contributed by atoms with Gasteiger partial charge in [-0.05, 0) is 24.6 Å². The van der Waals surface area contributed by atoms with Gasteiger partial charge in [-0.25, -0.2) is 4.39 Å². The van der Waals surface area contributed by atoms with E-state index in [4.69, 9.17) is 0 Å². The Bertz CT molecular complexity index is 273. The Labute approximate surface area is 77.5 Å². The van der Waals surface area contributed by atoms with E-state index < -0.39 is 0 Å². The molecule has 1 N–H and O–H groups in total. The molecule has 0 atom stereocenters. The van der Waals surface area contributed by atoms with Gasteiger partial charge in [0.05, 0.1) is 6.20 Å². The molecule has 0 saturated carbocycles. The predicted molar refractivity (Wildman–Crippen MR) is 50.7 cm³/mol. The molecular weight excluding hydrogens is 167 g/mol. The van der Waals surface area contributed by atoms with Gasteiger partial charge in [0, 0.05) is 12.7 Å². The average Bonchev–Trinajstić information content (AvgIpc) is 2.13. The maximum atomic E-state index is 12.6. The van der Waals surface area contributed by atoms with Crippen molar-refractivity contribution in [2.24, 2.45) is 0 Å². The zero-order valence-corrected chi connectivity index (χ0v) is 7.46. The van der Waals surface area contributed by atoms with Gasteiger partial charge in [-0.1, -0.05) is 6.08 Å². The van der Waals surface area contributed by atoms with Crippen molar-refractivity contribution < 1.29 is 4.39 Å². The van der Waals surface area contributed by atoms with Crippen LogP contribution in [0.2, 0.25) is 0 Å². The van der Waals surface area contributed by atoms with Crippen molar-refractivity contribution in [3.63, 3.8) is 0 Å². The van der Waals surface area contributed by atoms with E-state index in [0.29, 0.717) is 6.54 Å². The van der Waals surface area contributed by atoms with E-state index in [1.54, 1.807) is 6.20 Å². The lowest BCUT2D eigenvalue weighted by molar-refractivity contribution is 0.613. The molecule has 0 saturated heterocycles. The zero-order valence-electron chi connectivity index (χ0n) is 7.46. The lowest BCUT2D eigenvalue weighted by Gasteiger charge is -2.02. The smallest absolute Gasteiger partial charge is 0.141 e. The van der Waals surface area contributed by atoms with Gasteiger partial charge in [0.1, 0.15) is 5.82 Å². The summed E-state index contributed by atoms with van der Waals surface area (Å²) in [5.74, 6) is -0.289. The first-order chi connectivity index (χ1) is 6.33. The molecule has 0 aliphatic carbocycles. The number of hydrogen-bond acceptors (Lipinski definition) is 2. The van der Waals surface area contributed by atoms with Crippen LogP contribution < -0.4 is 5.32 Å². The Kier molecular flexibility index (Phi) is 4.12. The Morgan fingerprint density at radius 3 is 3.08 bits per heavy atom. The monoisotopic (exact) mass is 180 g/mol. The molecule has 1 aromatic rings. The minimum absolute atomic E-state index is 0.289. The van der Waals surface area contributed by atoms with Crippen LogP contribution in [0.5, 0.6) is 0 Å². The first-order valence-corrected chi connectivity index (χ1v) is 4.24. The maximum Gasteiger partial charge on any atom is 0.141 e. The Balaban J connectivity index is 2.32. The van der Waals surface area contributed by atoms with E-state index in [1.807, 2.05) is 6.08 Å². The van der Waals surface area contributed by atoms with Crippen LogP contribution in [0.4, 0.5) is 4.39 Å². The average molecular weight is 180 g/mol. The van der Waals surface area contributed by atoms with Crippen molar-refractivity contribution in [3.8, 4) is 0 Å². The minimum Gasteiger partial charge on any atom is -0.312 e. The Morgan fingerprint density at radius 1 is 1.54 bits per heavy atom. The molecule has 0 bridgehead atoms. The number of rotatable bonds is 5. The summed E-state index contributed by atoms with van der Waals surface area (Å²) in [7, 11) is 0. The third-order valence-electron chi connectivity index (χ3n) is 1.62. The molecule has 0 spiro atoms. The minimum atomic E-state index is -0.289. The van der Waals surface area contributed by atoms with Crippen LogP contribution >= 0.6 is 0 Å². The second-order valence-corrected chi connectivity index (χ2v) is 2.77. The molecule has 0 fully saturated rings. The lowest BCUT2D eigenvalue weighted by atomic mass is 10.3. The number of nitrogens with one attached hydrogen (secondary N) is 1. The van der Waals surface area contributed by atoms with Gasteiger partial charge in [0.15, 0.2) is 0 Å². The molecule has 0 amide bonds. The molecule has 1 aromatic heterocycles. The molecular formula is C10H13FN2. The highest BCUT2D eigenvalue weighted by Crippen LogP contribution is 1.99. The third kappa shape index (κ3) is 3.80. The summed E-state index contributed by atoms with van der Waals surface area (Å²) in [6, 6.07) is 1.48. The summed E-state index contributed by atoms with van der Waals surface area (Å²) in [4.78, 5) is 3.75. The van der Waals surface area contributed by atoms with E-state index in [9.17, 15) is 4.39 Å². The van der Waals surface area contributed by atoms with Gasteiger partial charge in [-0.2, -0.15) is 0 Å². The van der Waals surface area contributed by atoms with Gasteiger partial charge in [-0.15, -0.1) is 6.58 Å². The molecule has 1 heterocycles. The van der Waals surface area contributed by atoms with Gasteiger partial charge in [0.25, 0.3) is 0 Å². The standard InChI is InChI=1S/C10H13FN2/c1-2-3-4-12-6-9-5-10(11)8-13-7-9/h2,5,7-8,12H,1,3-4,6H2. The fraction of sp³-hybridized carbons (Fsp3) is 0.300. The quantitative estimate of drug-likeness (QED) is 0.553. The molecule has 2 nitrogen and oxygen atoms in total. The first kappa shape index (κ1) is 9.86. The molecule has 70 valence electrons. The number of pyridine rings is 1. The van der Waals surface area contributed by atoms with Gasteiger partial charge in [0.2, 0.25) is 0 Å². The van der Waals surface area contributed by atoms with Crippen molar-refractivity contribution in [2.45, 2.75) is 13.0 Å². The van der Waals surface area contributed by atoms with Gasteiger partial charge < -0.3 is 5.32 Å². The Hall–Kier alpha value is -1.22. The van der Waals surface area contributed by atoms with Crippen molar-refractivity contribution >= 4 is 0 Å². The highest BCUT2D eigenvalue weighted by atomic mass is 19.1. The molecule has 13 heavy (non-hydrogen) atoms. The fourth-order valence-corrected chi connectivity index (χ4v) is 0.989. The van der Waals surface area contributed by atoms with E-state index in [1.165, 1.54) is 12.3 Å². The van der Waals surface area contributed by atoms with Crippen LogP contribution in [0.15, 0.2) is 31.1 Å². The fourth-order valence-electron chi connectivity index (χ4n) is 0.989. The molecule has 0 aromatic carbocycles. The topological polar surface area (TPSA) is 24.9 Å². The second-order valence-electron chi connectivity index (χ2n) is 2.77. The van der Waals surface area contributed by atoms with Crippen LogP contribution in [-0.4, -0.2) is 11.5 Å². The molecule has 0 aliphatic heterocycles. The van der Waals surface area contributed by atoms with E-state index in [2.05, 4.69) is 16.9 Å². The summed E-state index contributed by atoms with van der Waals surface area (Å²) >= 11 is 0. The second kappa shape index (κ2) is 5.43. The van der Waals surface area contributed by atoms with E-state index in [-0.39, 0.29) is 5.82 Å². The van der Waals surface area contributed by atoms with Crippen molar-refractivity contribution in [2.75, 3.05) is 6.54 Å². The van der Waals surface area contributed by atoms with Gasteiger partial charge in [-0.3, -0.25) is 4.98 Å². The largest absolute Gasteiger partial charge is 0.312 e. The van der Waals surface area contributed by atoms with E-state index in [0.717, 1.165) is 18.5 Å². The lowest BCUT2D eigenvalue weighted by Crippen LogP contribution is -2.14. The zero-order chi connectivity index (χ0) is 9.52. The van der Waals surface area contributed by atoms with Crippen molar-refractivity contribution in [1.82, 2.24) is 10.3 Å². The maximum absolute atomic E-state index is 12.6. The molecule has 0 unspecified atom stereocenters. The van der Waals surface area contributed by atoms with Crippen molar-refractivity contribution in [1.29, 1.82) is 0 Å². The first-order valence-electron chi connectivity index (χ1n) is 4.24. The van der Waals surface area contributed by atoms with Crippen molar-refractivity contribution in [3.05, 3.63) is 42.5 Å². The summed E-state index contributed by atoms with van der Waals surface area (Å²) in [5, 5.41) is 3.15. The summed E-state index contributed by atoms with van der Waals surface area (Å²) < 4.78 is 12.6. The summed E-state index contributed by atoms with van der Waals surface area (Å²) in [5.41, 5.74) is 0.865. The highest BCUT2D eigenvalue weighted by Gasteiger charge is 1.94. The molecule has 1 rings (SSSR count). The summed E-state index contributed by atoms with van der Waals surface area (Å²) in [6.45, 7) is 5.12. The van der Waals surface area contributed by atoms with Gasteiger partial charge >= 0.3 is 0 Å². The third-order valence-corrected chi connectivity index (χ3v) is 1.62. The molecule has 3 heteroatoms. The van der Waals surface area contributed by atoms with Crippen LogP contribution in [0.1, 0.15) is 12.0 Å². The van der Waals surface area contributed by atoms with E-state index >= 15 is 0 Å². The SMILES string of the molecule is C=CCCNCc1cncc(F)c1.